The first-order valence-electron chi connectivity index (χ1n) is 9.98. The van der Waals surface area contributed by atoms with Gasteiger partial charge in [-0.05, 0) is 37.0 Å². The Balaban J connectivity index is 1.52. The van der Waals surface area contributed by atoms with Gasteiger partial charge in [-0.15, -0.1) is 0 Å². The molecule has 1 saturated heterocycles. The van der Waals surface area contributed by atoms with Crippen LogP contribution in [0.1, 0.15) is 57.4 Å². The Hall–Kier alpha value is -1.49. The molecule has 1 aliphatic heterocycles. The van der Waals surface area contributed by atoms with Gasteiger partial charge in [0.15, 0.2) is 5.17 Å². The highest BCUT2D eigenvalue weighted by atomic mass is 32.2. The van der Waals surface area contributed by atoms with E-state index in [9.17, 15) is 4.79 Å². The lowest BCUT2D eigenvalue weighted by atomic mass is 10.1. The zero-order chi connectivity index (χ0) is 18.4. The molecule has 1 heterocycles. The summed E-state index contributed by atoms with van der Waals surface area (Å²) in [5, 5.41) is 4.16. The lowest BCUT2D eigenvalue weighted by Gasteiger charge is -2.21. The molecule has 142 valence electrons. The third-order valence-electron chi connectivity index (χ3n) is 5.44. The summed E-state index contributed by atoms with van der Waals surface area (Å²) < 4.78 is 0. The van der Waals surface area contributed by atoms with E-state index in [0.717, 1.165) is 23.0 Å². The Bertz CT molecular complexity index is 621. The van der Waals surface area contributed by atoms with Gasteiger partial charge in [0, 0.05) is 31.0 Å². The van der Waals surface area contributed by atoms with Crippen molar-refractivity contribution in [1.82, 2.24) is 4.90 Å². The Labute approximate surface area is 161 Å². The van der Waals surface area contributed by atoms with E-state index < -0.39 is 0 Å². The van der Waals surface area contributed by atoms with Crippen LogP contribution in [0, 0.1) is 0 Å². The van der Waals surface area contributed by atoms with Crippen LogP contribution in [0.5, 0.6) is 0 Å². The summed E-state index contributed by atoms with van der Waals surface area (Å²) in [7, 11) is 2.09. The molecule has 1 atom stereocenters. The van der Waals surface area contributed by atoms with E-state index in [1.54, 1.807) is 0 Å². The minimum Gasteiger partial charge on any atom is -0.350 e. The molecule has 1 aliphatic carbocycles. The third kappa shape index (κ3) is 5.26. The molecule has 3 rings (SSSR count). The second-order valence-electron chi connectivity index (χ2n) is 7.44. The molecule has 1 N–H and O–H groups in total. The Morgan fingerprint density at radius 3 is 2.54 bits per heavy atom. The van der Waals surface area contributed by atoms with Crippen molar-refractivity contribution in [3.63, 3.8) is 0 Å². The van der Waals surface area contributed by atoms with Gasteiger partial charge >= 0.3 is 0 Å². The average Bonchev–Trinajstić information content (AvgIpc) is 2.85. The van der Waals surface area contributed by atoms with Crippen molar-refractivity contribution < 1.29 is 4.79 Å². The summed E-state index contributed by atoms with van der Waals surface area (Å²) in [6.07, 6.45) is 9.29. The van der Waals surface area contributed by atoms with Gasteiger partial charge in [-0.1, -0.05) is 56.5 Å². The fourth-order valence-electron chi connectivity index (χ4n) is 3.66. The van der Waals surface area contributed by atoms with Crippen molar-refractivity contribution in [2.45, 2.75) is 70.4 Å². The first-order chi connectivity index (χ1) is 12.7. The zero-order valence-electron chi connectivity index (χ0n) is 16.0. The number of aryl methyl sites for hydroxylation is 1. The number of nitrogens with one attached hydrogen (secondary N) is 1. The Kier molecular flexibility index (Phi) is 7.00. The van der Waals surface area contributed by atoms with Crippen molar-refractivity contribution in [2.75, 3.05) is 18.1 Å². The Morgan fingerprint density at radius 1 is 1.19 bits per heavy atom. The molecule has 1 unspecified atom stereocenters. The number of thioether (sulfide) groups is 1. The molecule has 2 aliphatic rings. The summed E-state index contributed by atoms with van der Waals surface area (Å²) in [5.74, 6) is 1.03. The quantitative estimate of drug-likeness (QED) is 0.761. The molecule has 0 bridgehead atoms. The second kappa shape index (κ2) is 9.45. The van der Waals surface area contributed by atoms with Crippen LogP contribution in [0.2, 0.25) is 0 Å². The van der Waals surface area contributed by atoms with Crippen molar-refractivity contribution in [2.24, 2.45) is 4.99 Å². The van der Waals surface area contributed by atoms with E-state index in [-0.39, 0.29) is 11.9 Å². The number of hydrogen-bond donors (Lipinski definition) is 1. The van der Waals surface area contributed by atoms with Crippen LogP contribution in [0.3, 0.4) is 0 Å². The molecule has 5 heteroatoms. The van der Waals surface area contributed by atoms with Gasteiger partial charge in [-0.3, -0.25) is 9.79 Å². The van der Waals surface area contributed by atoms with Crippen LogP contribution >= 0.6 is 11.8 Å². The lowest BCUT2D eigenvalue weighted by Crippen LogP contribution is -2.34. The first-order valence-corrected chi connectivity index (χ1v) is 11.0. The van der Waals surface area contributed by atoms with Crippen molar-refractivity contribution in [3.05, 3.63) is 29.8 Å². The molecule has 1 amide bonds. The number of carbonyl (C=O) groups is 1. The number of amides is 1. The predicted octanol–water partition coefficient (Wildman–Crippen LogP) is 4.70. The maximum atomic E-state index is 12.4. The molecule has 0 aromatic heterocycles. The van der Waals surface area contributed by atoms with E-state index in [2.05, 4.69) is 36.3 Å². The Morgan fingerprint density at radius 2 is 1.88 bits per heavy atom. The van der Waals surface area contributed by atoms with Gasteiger partial charge in [0.1, 0.15) is 0 Å². The number of benzene rings is 1. The van der Waals surface area contributed by atoms with Crippen LogP contribution in [0.4, 0.5) is 5.69 Å². The molecule has 1 aromatic carbocycles. The van der Waals surface area contributed by atoms with Crippen LogP contribution in [-0.2, 0) is 11.2 Å². The largest absolute Gasteiger partial charge is 0.350 e. The molecule has 0 spiro atoms. The minimum atomic E-state index is 0.0856. The van der Waals surface area contributed by atoms with Gasteiger partial charge in [-0.25, -0.2) is 0 Å². The summed E-state index contributed by atoms with van der Waals surface area (Å²) >= 11 is 1.81. The standard InChI is InChI=1S/C21H31N3OS/c1-3-16-10-12-18(13-11-16)22-20(25)14-19-15-26-21(24(19)2)23-17-8-6-4-5-7-9-17/h10-13,17,19H,3-9,14-15H2,1-2H3,(H,22,25). The molecule has 0 radical (unpaired) electrons. The predicted molar refractivity (Wildman–Crippen MR) is 112 cm³/mol. The molecule has 1 saturated carbocycles. The highest BCUT2D eigenvalue weighted by Crippen LogP contribution is 2.28. The summed E-state index contributed by atoms with van der Waals surface area (Å²) in [6, 6.07) is 8.84. The smallest absolute Gasteiger partial charge is 0.226 e. The van der Waals surface area contributed by atoms with E-state index >= 15 is 0 Å². The highest BCUT2D eigenvalue weighted by Gasteiger charge is 2.29. The fourth-order valence-corrected chi connectivity index (χ4v) is 4.92. The molecular weight excluding hydrogens is 342 g/mol. The molecule has 26 heavy (non-hydrogen) atoms. The normalized spacial score (nSPS) is 23.2. The average molecular weight is 374 g/mol. The van der Waals surface area contributed by atoms with Crippen LogP contribution < -0.4 is 5.32 Å². The van der Waals surface area contributed by atoms with Crippen LogP contribution in [0.15, 0.2) is 29.3 Å². The fraction of sp³-hybridized carbons (Fsp3) is 0.619. The number of carbonyl (C=O) groups excluding carboxylic acids is 1. The van der Waals surface area contributed by atoms with E-state index in [4.69, 9.17) is 4.99 Å². The molecule has 1 aromatic rings. The summed E-state index contributed by atoms with van der Waals surface area (Å²) in [5.41, 5.74) is 2.17. The van der Waals surface area contributed by atoms with E-state index in [0.29, 0.717) is 12.5 Å². The molecular formula is C21H31N3OS. The topological polar surface area (TPSA) is 44.7 Å². The number of amidine groups is 1. The van der Waals surface area contributed by atoms with Crippen LogP contribution in [0.25, 0.3) is 0 Å². The van der Waals surface area contributed by atoms with Gasteiger partial charge in [0.2, 0.25) is 5.91 Å². The number of hydrogen-bond acceptors (Lipinski definition) is 3. The van der Waals surface area contributed by atoms with E-state index in [1.165, 1.54) is 44.1 Å². The minimum absolute atomic E-state index is 0.0856. The van der Waals surface area contributed by atoms with Crippen LogP contribution in [-0.4, -0.2) is 40.9 Å². The zero-order valence-corrected chi connectivity index (χ0v) is 16.9. The van der Waals surface area contributed by atoms with Gasteiger partial charge in [-0.2, -0.15) is 0 Å². The first kappa shape index (κ1) is 19.3. The maximum absolute atomic E-state index is 12.4. The van der Waals surface area contributed by atoms with Gasteiger partial charge in [0.05, 0.1) is 6.04 Å². The number of rotatable bonds is 5. The van der Waals surface area contributed by atoms with E-state index in [1.807, 2.05) is 23.9 Å². The lowest BCUT2D eigenvalue weighted by molar-refractivity contribution is -0.116. The maximum Gasteiger partial charge on any atom is 0.226 e. The van der Waals surface area contributed by atoms with Crippen molar-refractivity contribution >= 4 is 28.5 Å². The molecule has 2 fully saturated rings. The van der Waals surface area contributed by atoms with Gasteiger partial charge in [0.25, 0.3) is 0 Å². The second-order valence-corrected chi connectivity index (χ2v) is 8.42. The summed E-state index contributed by atoms with van der Waals surface area (Å²) in [4.78, 5) is 19.7. The summed E-state index contributed by atoms with van der Waals surface area (Å²) in [6.45, 7) is 2.13. The number of nitrogens with zero attached hydrogens (tertiary/aromatic N) is 2. The van der Waals surface area contributed by atoms with Crippen molar-refractivity contribution in [1.29, 1.82) is 0 Å². The third-order valence-corrected chi connectivity index (χ3v) is 6.64. The van der Waals surface area contributed by atoms with Crippen molar-refractivity contribution in [3.8, 4) is 0 Å². The SMILES string of the molecule is CCc1ccc(NC(=O)CC2CSC(=NC3CCCCCC3)N2C)cc1. The molecule has 4 nitrogen and oxygen atoms in total. The number of aliphatic imine (C=N–C) groups is 1. The monoisotopic (exact) mass is 373 g/mol. The van der Waals surface area contributed by atoms with Gasteiger partial charge < -0.3 is 10.2 Å². The number of anilines is 1. The highest BCUT2D eigenvalue weighted by molar-refractivity contribution is 8.14.